The first kappa shape index (κ1) is 24.2. The van der Waals surface area contributed by atoms with Crippen molar-refractivity contribution in [2.24, 2.45) is 11.5 Å². The number of nitrogens with two attached hydrogens (primary N) is 2. The number of amides is 3. The molecule has 1 aromatic carbocycles. The predicted octanol–water partition coefficient (Wildman–Crippen LogP) is 1.68. The Balaban J connectivity index is 1.38. The van der Waals surface area contributed by atoms with E-state index in [1.54, 1.807) is 4.90 Å². The van der Waals surface area contributed by atoms with Crippen LogP contribution in [0.3, 0.4) is 0 Å². The average molecular weight is 491 g/mol. The van der Waals surface area contributed by atoms with Gasteiger partial charge in [0.25, 0.3) is 11.8 Å². The number of nitrogens with one attached hydrogen (secondary N) is 1. The van der Waals surface area contributed by atoms with Gasteiger partial charge in [-0.3, -0.25) is 19.3 Å². The lowest BCUT2D eigenvalue weighted by molar-refractivity contribution is -0.274. The first-order valence-corrected chi connectivity index (χ1v) is 11.0. The Labute approximate surface area is 198 Å². The first-order chi connectivity index (χ1) is 16.5. The summed E-state index contributed by atoms with van der Waals surface area (Å²) in [5.74, 6) is -1.59. The minimum absolute atomic E-state index is 0.0483. The zero-order valence-corrected chi connectivity index (χ0v) is 18.6. The van der Waals surface area contributed by atoms with Crippen LogP contribution in [0.1, 0.15) is 31.2 Å². The molecule has 1 aliphatic carbocycles. The zero-order valence-electron chi connectivity index (χ0n) is 18.6. The molecule has 2 heterocycles. The maximum atomic E-state index is 12.8. The number of ether oxygens (including phenoxy) is 1. The summed E-state index contributed by atoms with van der Waals surface area (Å²) in [6.07, 6.45) is 0.546. The molecule has 35 heavy (non-hydrogen) atoms. The number of carbonyl (C=O) groups excluding carboxylic acids is 3. The number of hydrogen-bond donors (Lipinski definition) is 3. The quantitative estimate of drug-likeness (QED) is 0.391. The lowest BCUT2D eigenvalue weighted by Gasteiger charge is -2.28. The lowest BCUT2D eigenvalue weighted by Crippen LogP contribution is -2.42. The van der Waals surface area contributed by atoms with E-state index >= 15 is 0 Å². The van der Waals surface area contributed by atoms with Gasteiger partial charge in [0.05, 0.1) is 6.54 Å². The maximum Gasteiger partial charge on any atom is 0.573 e. The molecule has 3 aliphatic rings. The molecule has 0 bridgehead atoms. The third kappa shape index (κ3) is 5.58. The van der Waals surface area contributed by atoms with Crippen LogP contribution >= 0.6 is 0 Å². The molecule has 0 radical (unpaired) electrons. The van der Waals surface area contributed by atoms with Crippen LogP contribution in [0.4, 0.5) is 13.2 Å². The van der Waals surface area contributed by atoms with Crippen LogP contribution in [0.2, 0.25) is 0 Å². The molecular formula is C23H24F3N5O4. The number of allylic oxidation sites excluding steroid dienone is 2. The standard InChI is InChI=1S/C23H24F3N5O4/c24-23(25,26)35-15-4-1-3-13(11-15)17(27)8-9-18(28)29-19(32)12-30-10-2-5-16-20(30)22(34)31(21(16)33)14-6-7-14/h1,3-4,8-9,11,14H,2,5-7,10,12,27-28H2,(H,29,32)/b17-8-,18-9+. The minimum Gasteiger partial charge on any atom is -0.406 e. The summed E-state index contributed by atoms with van der Waals surface area (Å²) in [6.45, 7) is 0.289. The number of halogens is 3. The first-order valence-electron chi connectivity index (χ1n) is 11.0. The zero-order chi connectivity index (χ0) is 25.3. The number of alkyl halides is 3. The molecule has 0 unspecified atom stereocenters. The van der Waals surface area contributed by atoms with E-state index in [1.807, 2.05) is 0 Å². The molecule has 12 heteroatoms. The average Bonchev–Trinajstić information content (AvgIpc) is 3.57. The molecule has 0 aromatic heterocycles. The van der Waals surface area contributed by atoms with Crippen LogP contribution in [0.5, 0.6) is 5.75 Å². The van der Waals surface area contributed by atoms with Crippen molar-refractivity contribution >= 4 is 23.4 Å². The molecule has 1 aromatic rings. The van der Waals surface area contributed by atoms with E-state index in [4.69, 9.17) is 11.5 Å². The fourth-order valence-corrected chi connectivity index (χ4v) is 4.08. The Bertz CT molecular complexity index is 1150. The minimum atomic E-state index is -4.83. The number of rotatable bonds is 7. The van der Waals surface area contributed by atoms with Gasteiger partial charge < -0.3 is 26.4 Å². The number of benzene rings is 1. The summed E-state index contributed by atoms with van der Waals surface area (Å²) in [5.41, 5.74) is 12.8. The van der Waals surface area contributed by atoms with E-state index in [2.05, 4.69) is 10.1 Å². The molecule has 1 saturated carbocycles. The largest absolute Gasteiger partial charge is 0.573 e. The molecule has 186 valence electrons. The highest BCUT2D eigenvalue weighted by Gasteiger charge is 2.48. The lowest BCUT2D eigenvalue weighted by atomic mass is 10.0. The number of hydrogen-bond acceptors (Lipinski definition) is 7. The summed E-state index contributed by atoms with van der Waals surface area (Å²) in [4.78, 5) is 40.8. The second kappa shape index (κ2) is 9.35. The van der Waals surface area contributed by atoms with Gasteiger partial charge in [-0.1, -0.05) is 12.1 Å². The van der Waals surface area contributed by atoms with E-state index in [-0.39, 0.29) is 47.2 Å². The van der Waals surface area contributed by atoms with Crippen LogP contribution in [-0.2, 0) is 14.4 Å². The topological polar surface area (TPSA) is 131 Å². The Hall–Kier alpha value is -3.96. The van der Waals surface area contributed by atoms with Crippen molar-refractivity contribution in [1.29, 1.82) is 0 Å². The van der Waals surface area contributed by atoms with Crippen molar-refractivity contribution in [3.05, 3.63) is 59.1 Å². The molecule has 3 amide bonds. The highest BCUT2D eigenvalue weighted by Crippen LogP contribution is 2.38. The van der Waals surface area contributed by atoms with Crippen molar-refractivity contribution in [2.75, 3.05) is 13.1 Å². The molecule has 0 atom stereocenters. The Morgan fingerprint density at radius 3 is 2.60 bits per heavy atom. The van der Waals surface area contributed by atoms with Gasteiger partial charge >= 0.3 is 6.36 Å². The van der Waals surface area contributed by atoms with Gasteiger partial charge in [-0.25, -0.2) is 0 Å². The number of nitrogens with zero attached hydrogens (tertiary/aromatic N) is 2. The second-order valence-corrected chi connectivity index (χ2v) is 8.43. The van der Waals surface area contributed by atoms with E-state index in [1.165, 1.54) is 29.2 Å². The molecule has 1 fully saturated rings. The van der Waals surface area contributed by atoms with Crippen molar-refractivity contribution in [2.45, 2.75) is 38.1 Å². The van der Waals surface area contributed by atoms with Crippen molar-refractivity contribution in [1.82, 2.24) is 15.1 Å². The summed E-state index contributed by atoms with van der Waals surface area (Å²) < 4.78 is 41.1. The fraction of sp³-hybridized carbons (Fsp3) is 0.348. The molecule has 9 nitrogen and oxygen atoms in total. The maximum absolute atomic E-state index is 12.8. The van der Waals surface area contributed by atoms with Crippen LogP contribution in [-0.4, -0.2) is 53.0 Å². The normalized spacial score (nSPS) is 19.3. The Morgan fingerprint density at radius 2 is 1.91 bits per heavy atom. The van der Waals surface area contributed by atoms with Crippen LogP contribution in [0, 0.1) is 0 Å². The summed E-state index contributed by atoms with van der Waals surface area (Å²) in [6, 6.07) is 5.06. The van der Waals surface area contributed by atoms with E-state index in [9.17, 15) is 27.6 Å². The third-order valence-corrected chi connectivity index (χ3v) is 5.73. The smallest absolute Gasteiger partial charge is 0.406 e. The Morgan fingerprint density at radius 1 is 1.17 bits per heavy atom. The van der Waals surface area contributed by atoms with Gasteiger partial charge in [-0.15, -0.1) is 13.2 Å². The highest BCUT2D eigenvalue weighted by atomic mass is 19.4. The molecule has 0 saturated heterocycles. The van der Waals surface area contributed by atoms with Gasteiger partial charge in [0.1, 0.15) is 17.3 Å². The SMILES string of the molecule is N/C(=C\C=C(/N)NC(=O)CN1CCCC2=C1C(=O)N(C1CC1)C2=O)c1cccc(OC(F)(F)F)c1. The third-order valence-electron chi connectivity index (χ3n) is 5.73. The van der Waals surface area contributed by atoms with Gasteiger partial charge in [-0.2, -0.15) is 0 Å². The second-order valence-electron chi connectivity index (χ2n) is 8.43. The number of carbonyl (C=O) groups is 3. The van der Waals surface area contributed by atoms with Crippen molar-refractivity contribution in [3.63, 3.8) is 0 Å². The fourth-order valence-electron chi connectivity index (χ4n) is 4.08. The van der Waals surface area contributed by atoms with Gasteiger partial charge in [0, 0.05) is 29.4 Å². The van der Waals surface area contributed by atoms with Crippen LogP contribution in [0.25, 0.3) is 5.70 Å². The van der Waals surface area contributed by atoms with Crippen molar-refractivity contribution < 1.29 is 32.3 Å². The summed E-state index contributed by atoms with van der Waals surface area (Å²) >= 11 is 0. The van der Waals surface area contributed by atoms with Crippen LogP contribution in [0.15, 0.2) is 53.5 Å². The molecule has 5 N–H and O–H groups in total. The van der Waals surface area contributed by atoms with Gasteiger partial charge in [-0.05, 0) is 50.0 Å². The van der Waals surface area contributed by atoms with E-state index in [0.29, 0.717) is 25.0 Å². The highest BCUT2D eigenvalue weighted by molar-refractivity contribution is 6.19. The van der Waals surface area contributed by atoms with E-state index in [0.717, 1.165) is 25.0 Å². The molecule has 2 aliphatic heterocycles. The van der Waals surface area contributed by atoms with Crippen molar-refractivity contribution in [3.8, 4) is 5.75 Å². The molecule has 4 rings (SSSR count). The van der Waals surface area contributed by atoms with Crippen LogP contribution < -0.4 is 21.5 Å². The monoisotopic (exact) mass is 491 g/mol. The summed E-state index contributed by atoms with van der Waals surface area (Å²) in [7, 11) is 0. The number of imide groups is 1. The molecule has 0 spiro atoms. The van der Waals surface area contributed by atoms with Gasteiger partial charge in [0.15, 0.2) is 0 Å². The summed E-state index contributed by atoms with van der Waals surface area (Å²) in [5, 5.41) is 2.48. The van der Waals surface area contributed by atoms with E-state index < -0.39 is 18.0 Å². The molecular weight excluding hydrogens is 467 g/mol. The Kier molecular flexibility index (Phi) is 6.46. The predicted molar refractivity (Wildman–Crippen MR) is 118 cm³/mol. The van der Waals surface area contributed by atoms with Gasteiger partial charge in [0.2, 0.25) is 5.91 Å².